The molecule has 1 aromatic heterocycles. The number of nitrogens with one attached hydrogen (secondary N) is 2. The number of carbonyl (C=O) groups excluding carboxylic acids is 1. The number of aromatic amines is 1. The molecule has 2 N–H and O–H groups in total. The van der Waals surface area contributed by atoms with Crippen LogP contribution in [0.5, 0.6) is 0 Å². The first-order valence-corrected chi connectivity index (χ1v) is 6.46. The lowest BCUT2D eigenvalue weighted by Gasteiger charge is -2.25. The second-order valence-corrected chi connectivity index (χ2v) is 5.18. The number of hydrogen-bond acceptors (Lipinski definition) is 2. The number of imidazole rings is 1. The number of carbonyl (C=O) groups is 1. The van der Waals surface area contributed by atoms with E-state index in [2.05, 4.69) is 29.1 Å². The van der Waals surface area contributed by atoms with E-state index in [0.717, 1.165) is 25.1 Å². The molecule has 0 aromatic carbocycles. The number of H-pyrrole nitrogens is 1. The molecule has 1 aliphatic rings. The molecule has 0 saturated heterocycles. The maximum Gasteiger partial charge on any atom is 0.226 e. The van der Waals surface area contributed by atoms with Gasteiger partial charge >= 0.3 is 0 Å². The SMILES string of the molecule is CCC(NC(=O)C1(C)CCCC1)c1ncc[nH]1. The molecule has 0 aliphatic heterocycles. The molecule has 0 bridgehead atoms. The van der Waals surface area contributed by atoms with E-state index in [1.165, 1.54) is 12.8 Å². The summed E-state index contributed by atoms with van der Waals surface area (Å²) < 4.78 is 0. The van der Waals surface area contributed by atoms with Crippen LogP contribution in [0.1, 0.15) is 57.8 Å². The zero-order valence-corrected chi connectivity index (χ0v) is 10.6. The molecule has 1 atom stereocenters. The molecule has 1 fully saturated rings. The molecule has 17 heavy (non-hydrogen) atoms. The van der Waals surface area contributed by atoms with Crippen molar-refractivity contribution >= 4 is 5.91 Å². The van der Waals surface area contributed by atoms with Gasteiger partial charge in [-0.2, -0.15) is 0 Å². The highest BCUT2D eigenvalue weighted by Crippen LogP contribution is 2.38. The van der Waals surface area contributed by atoms with Crippen molar-refractivity contribution in [3.05, 3.63) is 18.2 Å². The smallest absolute Gasteiger partial charge is 0.226 e. The summed E-state index contributed by atoms with van der Waals surface area (Å²) in [5.41, 5.74) is -0.167. The normalized spacial score (nSPS) is 20.1. The molecule has 1 saturated carbocycles. The van der Waals surface area contributed by atoms with Gasteiger partial charge in [0.1, 0.15) is 5.82 Å². The van der Waals surface area contributed by atoms with Crippen molar-refractivity contribution in [3.63, 3.8) is 0 Å². The Labute approximate surface area is 102 Å². The Balaban J connectivity index is 2.02. The van der Waals surface area contributed by atoms with E-state index in [1.54, 1.807) is 12.4 Å². The summed E-state index contributed by atoms with van der Waals surface area (Å²) in [4.78, 5) is 19.6. The van der Waals surface area contributed by atoms with E-state index in [0.29, 0.717) is 0 Å². The average molecular weight is 235 g/mol. The van der Waals surface area contributed by atoms with E-state index >= 15 is 0 Å². The van der Waals surface area contributed by atoms with Crippen molar-refractivity contribution in [2.75, 3.05) is 0 Å². The summed E-state index contributed by atoms with van der Waals surface area (Å²) in [6.07, 6.45) is 8.72. The monoisotopic (exact) mass is 235 g/mol. The van der Waals surface area contributed by atoms with Gasteiger partial charge in [-0.05, 0) is 19.3 Å². The van der Waals surface area contributed by atoms with Crippen LogP contribution in [0.4, 0.5) is 0 Å². The molecule has 1 amide bonds. The van der Waals surface area contributed by atoms with Gasteiger partial charge in [0, 0.05) is 17.8 Å². The average Bonchev–Trinajstić information content (AvgIpc) is 2.97. The first-order valence-electron chi connectivity index (χ1n) is 6.46. The lowest BCUT2D eigenvalue weighted by molar-refractivity contribution is -0.130. The van der Waals surface area contributed by atoms with E-state index < -0.39 is 0 Å². The Kier molecular flexibility index (Phi) is 3.50. The van der Waals surface area contributed by atoms with Crippen molar-refractivity contribution in [1.29, 1.82) is 0 Å². The Morgan fingerprint density at radius 3 is 2.82 bits per heavy atom. The van der Waals surface area contributed by atoms with Gasteiger partial charge in [0.15, 0.2) is 0 Å². The van der Waals surface area contributed by atoms with Crippen molar-refractivity contribution in [2.45, 2.75) is 52.0 Å². The van der Waals surface area contributed by atoms with Crippen LogP contribution in [-0.2, 0) is 4.79 Å². The van der Waals surface area contributed by atoms with Crippen molar-refractivity contribution in [1.82, 2.24) is 15.3 Å². The van der Waals surface area contributed by atoms with Crippen LogP contribution in [0.15, 0.2) is 12.4 Å². The number of aromatic nitrogens is 2. The zero-order valence-electron chi connectivity index (χ0n) is 10.6. The van der Waals surface area contributed by atoms with Gasteiger partial charge in [0.2, 0.25) is 5.91 Å². The second-order valence-electron chi connectivity index (χ2n) is 5.18. The second kappa shape index (κ2) is 4.90. The molecule has 1 heterocycles. The summed E-state index contributed by atoms with van der Waals surface area (Å²) >= 11 is 0. The largest absolute Gasteiger partial charge is 0.347 e. The van der Waals surface area contributed by atoms with Gasteiger partial charge in [-0.1, -0.05) is 26.7 Å². The van der Waals surface area contributed by atoms with Gasteiger partial charge in [-0.15, -0.1) is 0 Å². The van der Waals surface area contributed by atoms with Crippen LogP contribution in [0.2, 0.25) is 0 Å². The third-order valence-electron chi connectivity index (χ3n) is 3.82. The van der Waals surface area contributed by atoms with Gasteiger partial charge in [0.25, 0.3) is 0 Å². The maximum atomic E-state index is 12.3. The highest BCUT2D eigenvalue weighted by molar-refractivity contribution is 5.82. The van der Waals surface area contributed by atoms with Crippen LogP contribution in [0, 0.1) is 5.41 Å². The summed E-state index contributed by atoms with van der Waals surface area (Å²) in [6, 6.07) is 0.00919. The molecule has 4 heteroatoms. The minimum absolute atomic E-state index is 0.00919. The maximum absolute atomic E-state index is 12.3. The zero-order chi connectivity index (χ0) is 12.3. The fourth-order valence-corrected chi connectivity index (χ4v) is 2.55. The van der Waals surface area contributed by atoms with E-state index in [4.69, 9.17) is 0 Å². The highest BCUT2D eigenvalue weighted by atomic mass is 16.2. The van der Waals surface area contributed by atoms with Crippen molar-refractivity contribution < 1.29 is 4.79 Å². The van der Waals surface area contributed by atoms with Crippen LogP contribution in [-0.4, -0.2) is 15.9 Å². The molecule has 1 unspecified atom stereocenters. The van der Waals surface area contributed by atoms with Gasteiger partial charge in [-0.3, -0.25) is 4.79 Å². The summed E-state index contributed by atoms with van der Waals surface area (Å²) in [5, 5.41) is 3.12. The van der Waals surface area contributed by atoms with Crippen molar-refractivity contribution in [2.24, 2.45) is 5.41 Å². The third-order valence-corrected chi connectivity index (χ3v) is 3.82. The van der Waals surface area contributed by atoms with Crippen molar-refractivity contribution in [3.8, 4) is 0 Å². The fraction of sp³-hybridized carbons (Fsp3) is 0.692. The number of nitrogens with zero attached hydrogens (tertiary/aromatic N) is 1. The summed E-state index contributed by atoms with van der Waals surface area (Å²) in [5.74, 6) is 1.03. The first-order chi connectivity index (χ1) is 8.15. The molecule has 1 aromatic rings. The molecular formula is C13H21N3O. The molecule has 1 aliphatic carbocycles. The van der Waals surface area contributed by atoms with Gasteiger partial charge in [-0.25, -0.2) is 4.98 Å². The Bertz CT molecular complexity index is 366. The molecule has 4 nitrogen and oxygen atoms in total. The number of rotatable bonds is 4. The summed E-state index contributed by atoms with van der Waals surface area (Å²) in [6.45, 7) is 4.13. The molecular weight excluding hydrogens is 214 g/mol. The molecule has 94 valence electrons. The number of hydrogen-bond donors (Lipinski definition) is 2. The summed E-state index contributed by atoms with van der Waals surface area (Å²) in [7, 11) is 0. The lowest BCUT2D eigenvalue weighted by atomic mass is 9.87. The van der Waals surface area contributed by atoms with Crippen LogP contribution >= 0.6 is 0 Å². The Morgan fingerprint density at radius 2 is 2.29 bits per heavy atom. The molecule has 2 rings (SSSR count). The predicted molar refractivity (Wildman–Crippen MR) is 66.3 cm³/mol. The molecule has 0 spiro atoms. The minimum Gasteiger partial charge on any atom is -0.347 e. The minimum atomic E-state index is -0.167. The van der Waals surface area contributed by atoms with E-state index in [-0.39, 0.29) is 17.4 Å². The predicted octanol–water partition coefficient (Wildman–Crippen LogP) is 2.56. The van der Waals surface area contributed by atoms with Gasteiger partial charge in [0.05, 0.1) is 6.04 Å². The topological polar surface area (TPSA) is 57.8 Å². The van der Waals surface area contributed by atoms with Crippen LogP contribution in [0.3, 0.4) is 0 Å². The third kappa shape index (κ3) is 2.51. The van der Waals surface area contributed by atoms with E-state index in [9.17, 15) is 4.79 Å². The van der Waals surface area contributed by atoms with Gasteiger partial charge < -0.3 is 10.3 Å². The highest BCUT2D eigenvalue weighted by Gasteiger charge is 2.37. The van der Waals surface area contributed by atoms with Crippen LogP contribution in [0.25, 0.3) is 0 Å². The Hall–Kier alpha value is -1.32. The molecule has 0 radical (unpaired) electrons. The van der Waals surface area contributed by atoms with Crippen LogP contribution < -0.4 is 5.32 Å². The quantitative estimate of drug-likeness (QED) is 0.842. The fourth-order valence-electron chi connectivity index (χ4n) is 2.55. The standard InChI is InChI=1S/C13H21N3O/c1-3-10(11-14-8-9-15-11)16-12(17)13(2)6-4-5-7-13/h8-10H,3-7H2,1-2H3,(H,14,15)(H,16,17). The first kappa shape index (κ1) is 12.1. The number of amides is 1. The lowest BCUT2D eigenvalue weighted by Crippen LogP contribution is -2.39. The van der Waals surface area contributed by atoms with E-state index in [1.807, 2.05) is 0 Å². The Morgan fingerprint density at radius 1 is 1.59 bits per heavy atom.